The Morgan fingerprint density at radius 3 is 2.67 bits per heavy atom. The van der Waals surface area contributed by atoms with Gasteiger partial charge in [0, 0.05) is 25.7 Å². The molecule has 2 aromatic rings. The molecule has 6 heteroatoms. The second-order valence-electron chi connectivity index (χ2n) is 7.44. The van der Waals surface area contributed by atoms with E-state index in [1.807, 2.05) is 6.07 Å². The zero-order valence-electron chi connectivity index (χ0n) is 15.9. The summed E-state index contributed by atoms with van der Waals surface area (Å²) in [5, 5.41) is 9.59. The summed E-state index contributed by atoms with van der Waals surface area (Å²) in [5.41, 5.74) is 1.36. The van der Waals surface area contributed by atoms with Gasteiger partial charge in [-0.3, -0.25) is 0 Å². The summed E-state index contributed by atoms with van der Waals surface area (Å²) in [4.78, 5) is 13.5. The fraction of sp³-hybridized carbons (Fsp3) is 0.524. The topological polar surface area (TPSA) is 61.7 Å². The third-order valence-electron chi connectivity index (χ3n) is 5.90. The number of piperidine rings is 1. The summed E-state index contributed by atoms with van der Waals surface area (Å²) in [7, 11) is 1.72. The maximum absolute atomic E-state index is 9.59. The predicted octanol–water partition coefficient (Wildman–Crippen LogP) is 2.83. The van der Waals surface area contributed by atoms with Gasteiger partial charge in [-0.2, -0.15) is 0 Å². The van der Waals surface area contributed by atoms with Crippen molar-refractivity contribution in [1.29, 1.82) is 0 Å². The molecule has 2 saturated heterocycles. The van der Waals surface area contributed by atoms with E-state index >= 15 is 0 Å². The first-order valence-corrected chi connectivity index (χ1v) is 9.87. The number of nitrogens with zero attached hydrogens (tertiary/aromatic N) is 4. The van der Waals surface area contributed by atoms with Gasteiger partial charge in [-0.15, -0.1) is 0 Å². The molecule has 2 aliphatic rings. The van der Waals surface area contributed by atoms with Crippen LogP contribution in [0, 0.1) is 0 Å². The number of aliphatic hydroxyl groups excluding tert-OH is 1. The average molecular weight is 368 g/mol. The second kappa shape index (κ2) is 8.13. The lowest BCUT2D eigenvalue weighted by Crippen LogP contribution is -2.35. The van der Waals surface area contributed by atoms with Gasteiger partial charge in [0.2, 0.25) is 0 Å². The molecule has 0 saturated carbocycles. The monoisotopic (exact) mass is 368 g/mol. The number of aromatic nitrogens is 2. The standard InChI is InChI=1S/C21H28N4O2/c1-27-19-6-2-4-17(12-19)16-7-10-24(11-8-16)20-13-21(23-15-22-20)25-9-3-5-18(25)14-26/h2,4,6,12-13,15-16,18,26H,3,5,7-11,14H2,1H3. The van der Waals surface area contributed by atoms with E-state index in [2.05, 4.69) is 44.0 Å². The lowest BCUT2D eigenvalue weighted by Gasteiger charge is -2.33. The largest absolute Gasteiger partial charge is 0.497 e. The average Bonchev–Trinajstić information content (AvgIpc) is 3.23. The van der Waals surface area contributed by atoms with Crippen molar-refractivity contribution in [3.05, 3.63) is 42.2 Å². The molecule has 0 radical (unpaired) electrons. The molecule has 0 bridgehead atoms. The van der Waals surface area contributed by atoms with Crippen LogP contribution >= 0.6 is 0 Å². The maximum atomic E-state index is 9.59. The van der Waals surface area contributed by atoms with Gasteiger partial charge in [0.25, 0.3) is 0 Å². The van der Waals surface area contributed by atoms with E-state index in [1.165, 1.54) is 5.56 Å². The van der Waals surface area contributed by atoms with Crippen LogP contribution in [0.15, 0.2) is 36.7 Å². The Balaban J connectivity index is 1.43. The third kappa shape index (κ3) is 3.86. The molecule has 1 aromatic carbocycles. The first-order chi connectivity index (χ1) is 13.3. The highest BCUT2D eigenvalue weighted by Gasteiger charge is 2.26. The summed E-state index contributed by atoms with van der Waals surface area (Å²) in [6.07, 6.45) is 6.01. The van der Waals surface area contributed by atoms with Crippen LogP contribution in [0.2, 0.25) is 0 Å². The van der Waals surface area contributed by atoms with E-state index in [0.717, 1.165) is 62.7 Å². The van der Waals surface area contributed by atoms with Crippen molar-refractivity contribution in [2.75, 3.05) is 43.2 Å². The molecular weight excluding hydrogens is 340 g/mol. The van der Waals surface area contributed by atoms with E-state index in [-0.39, 0.29) is 12.6 Å². The fourth-order valence-corrected chi connectivity index (χ4v) is 4.33. The van der Waals surface area contributed by atoms with Gasteiger partial charge < -0.3 is 19.6 Å². The van der Waals surface area contributed by atoms with Crippen LogP contribution in [0.25, 0.3) is 0 Å². The molecule has 2 fully saturated rings. The SMILES string of the molecule is COc1cccc(C2CCN(c3cc(N4CCCC4CO)ncn3)CC2)c1. The molecule has 1 N–H and O–H groups in total. The van der Waals surface area contributed by atoms with E-state index < -0.39 is 0 Å². The van der Waals surface area contributed by atoms with Crippen LogP contribution in [0.3, 0.4) is 0 Å². The normalized spacial score (nSPS) is 20.9. The Bertz CT molecular complexity index is 761. The zero-order chi connectivity index (χ0) is 18.6. The lowest BCUT2D eigenvalue weighted by atomic mass is 9.89. The minimum absolute atomic E-state index is 0.186. The highest BCUT2D eigenvalue weighted by molar-refractivity contribution is 5.51. The second-order valence-corrected chi connectivity index (χ2v) is 7.44. The number of hydrogen-bond acceptors (Lipinski definition) is 6. The summed E-state index contributed by atoms with van der Waals surface area (Å²) in [5.74, 6) is 3.42. The Hall–Kier alpha value is -2.34. The number of methoxy groups -OCH3 is 1. The lowest BCUT2D eigenvalue weighted by molar-refractivity contribution is 0.266. The Labute approximate surface area is 160 Å². The maximum Gasteiger partial charge on any atom is 0.134 e. The zero-order valence-corrected chi connectivity index (χ0v) is 15.9. The van der Waals surface area contributed by atoms with Crippen molar-refractivity contribution >= 4 is 11.6 Å². The molecule has 2 aliphatic heterocycles. The number of anilines is 2. The Kier molecular flexibility index (Phi) is 5.43. The van der Waals surface area contributed by atoms with Crippen LogP contribution in [0.4, 0.5) is 11.6 Å². The highest BCUT2D eigenvalue weighted by atomic mass is 16.5. The molecular formula is C21H28N4O2. The quantitative estimate of drug-likeness (QED) is 0.876. The van der Waals surface area contributed by atoms with Crippen LogP contribution in [0.1, 0.15) is 37.2 Å². The molecule has 144 valence electrons. The van der Waals surface area contributed by atoms with Gasteiger partial charge >= 0.3 is 0 Å². The van der Waals surface area contributed by atoms with Gasteiger partial charge in [0.1, 0.15) is 23.7 Å². The molecule has 1 aromatic heterocycles. The van der Waals surface area contributed by atoms with Crippen molar-refractivity contribution in [3.63, 3.8) is 0 Å². The number of ether oxygens (including phenoxy) is 1. The fourth-order valence-electron chi connectivity index (χ4n) is 4.33. The van der Waals surface area contributed by atoms with Crippen LogP contribution in [-0.4, -0.2) is 54.5 Å². The van der Waals surface area contributed by atoms with Gasteiger partial charge in [0.05, 0.1) is 19.8 Å². The molecule has 0 amide bonds. The molecule has 3 heterocycles. The van der Waals surface area contributed by atoms with E-state index in [0.29, 0.717) is 5.92 Å². The summed E-state index contributed by atoms with van der Waals surface area (Å²) < 4.78 is 5.37. The molecule has 6 nitrogen and oxygen atoms in total. The van der Waals surface area contributed by atoms with Gasteiger partial charge in [-0.1, -0.05) is 12.1 Å². The van der Waals surface area contributed by atoms with Crippen molar-refractivity contribution in [1.82, 2.24) is 9.97 Å². The molecule has 4 rings (SSSR count). The van der Waals surface area contributed by atoms with E-state index in [9.17, 15) is 5.11 Å². The molecule has 27 heavy (non-hydrogen) atoms. The van der Waals surface area contributed by atoms with Gasteiger partial charge in [-0.05, 0) is 49.3 Å². The van der Waals surface area contributed by atoms with Crippen LogP contribution in [0.5, 0.6) is 5.75 Å². The first-order valence-electron chi connectivity index (χ1n) is 9.87. The van der Waals surface area contributed by atoms with Crippen molar-refractivity contribution in [2.24, 2.45) is 0 Å². The number of aliphatic hydroxyl groups is 1. The molecule has 1 unspecified atom stereocenters. The van der Waals surface area contributed by atoms with Gasteiger partial charge in [-0.25, -0.2) is 9.97 Å². The Morgan fingerprint density at radius 2 is 1.89 bits per heavy atom. The van der Waals surface area contributed by atoms with Crippen molar-refractivity contribution in [2.45, 2.75) is 37.6 Å². The molecule has 1 atom stereocenters. The minimum Gasteiger partial charge on any atom is -0.497 e. The van der Waals surface area contributed by atoms with Crippen LogP contribution in [-0.2, 0) is 0 Å². The van der Waals surface area contributed by atoms with Crippen LogP contribution < -0.4 is 14.5 Å². The van der Waals surface area contributed by atoms with E-state index in [1.54, 1.807) is 13.4 Å². The predicted molar refractivity (Wildman–Crippen MR) is 107 cm³/mol. The third-order valence-corrected chi connectivity index (χ3v) is 5.90. The van der Waals surface area contributed by atoms with E-state index in [4.69, 9.17) is 4.74 Å². The van der Waals surface area contributed by atoms with Crippen molar-refractivity contribution < 1.29 is 9.84 Å². The number of rotatable bonds is 5. The number of hydrogen-bond donors (Lipinski definition) is 1. The Morgan fingerprint density at radius 1 is 1.07 bits per heavy atom. The molecule has 0 aliphatic carbocycles. The first kappa shape index (κ1) is 18.0. The highest BCUT2D eigenvalue weighted by Crippen LogP contribution is 2.32. The summed E-state index contributed by atoms with van der Waals surface area (Å²) in [6, 6.07) is 10.7. The summed E-state index contributed by atoms with van der Waals surface area (Å²) in [6.45, 7) is 3.12. The number of benzene rings is 1. The van der Waals surface area contributed by atoms with Crippen molar-refractivity contribution in [3.8, 4) is 5.75 Å². The minimum atomic E-state index is 0.186. The summed E-state index contributed by atoms with van der Waals surface area (Å²) >= 11 is 0. The van der Waals surface area contributed by atoms with Gasteiger partial charge in [0.15, 0.2) is 0 Å². The smallest absolute Gasteiger partial charge is 0.134 e. The molecule has 0 spiro atoms.